The second-order valence-corrected chi connectivity index (χ2v) is 6.75. The average molecular weight is 251 g/mol. The third-order valence-corrected chi connectivity index (χ3v) is 4.48. The Balaban J connectivity index is 2.24. The first-order chi connectivity index (χ1) is 8.05. The SMILES string of the molecule is CSC(C)(C)CNCCC(C)c1ccccc1. The summed E-state index contributed by atoms with van der Waals surface area (Å²) in [7, 11) is 0. The summed E-state index contributed by atoms with van der Waals surface area (Å²) in [6.45, 7) is 9.04. The van der Waals surface area contributed by atoms with E-state index < -0.39 is 0 Å². The van der Waals surface area contributed by atoms with Crippen LogP contribution in [0, 0.1) is 0 Å². The van der Waals surface area contributed by atoms with Gasteiger partial charge in [-0.3, -0.25) is 0 Å². The minimum atomic E-state index is 0.343. The van der Waals surface area contributed by atoms with Gasteiger partial charge in [-0.2, -0.15) is 11.8 Å². The highest BCUT2D eigenvalue weighted by Gasteiger charge is 2.14. The van der Waals surface area contributed by atoms with Gasteiger partial charge in [-0.15, -0.1) is 0 Å². The molecule has 0 aromatic heterocycles. The van der Waals surface area contributed by atoms with Crippen LogP contribution < -0.4 is 5.32 Å². The molecule has 0 aliphatic heterocycles. The molecule has 0 heterocycles. The number of benzene rings is 1. The summed E-state index contributed by atoms with van der Waals surface area (Å²) in [4.78, 5) is 0. The summed E-state index contributed by atoms with van der Waals surface area (Å²) in [6, 6.07) is 10.8. The molecule has 1 aromatic carbocycles. The lowest BCUT2D eigenvalue weighted by Crippen LogP contribution is -2.32. The molecular formula is C15H25NS. The Hall–Kier alpha value is -0.470. The van der Waals surface area contributed by atoms with Gasteiger partial charge in [0.1, 0.15) is 0 Å². The van der Waals surface area contributed by atoms with Gasteiger partial charge in [0.25, 0.3) is 0 Å². The second-order valence-electron chi connectivity index (χ2n) is 5.24. The molecule has 0 saturated carbocycles. The fraction of sp³-hybridized carbons (Fsp3) is 0.600. The topological polar surface area (TPSA) is 12.0 Å². The van der Waals surface area contributed by atoms with Crippen LogP contribution in [-0.4, -0.2) is 24.1 Å². The predicted molar refractivity (Wildman–Crippen MR) is 79.9 cm³/mol. The Kier molecular flexibility index (Phi) is 6.07. The molecule has 1 N–H and O–H groups in total. The Morgan fingerprint density at radius 3 is 2.47 bits per heavy atom. The van der Waals surface area contributed by atoms with Crippen molar-refractivity contribution in [3.8, 4) is 0 Å². The Labute approximate surface area is 110 Å². The highest BCUT2D eigenvalue weighted by molar-refractivity contribution is 7.99. The van der Waals surface area contributed by atoms with E-state index in [1.54, 1.807) is 0 Å². The minimum Gasteiger partial charge on any atom is -0.315 e. The van der Waals surface area contributed by atoms with E-state index in [1.807, 2.05) is 11.8 Å². The first-order valence-electron chi connectivity index (χ1n) is 6.36. The number of hydrogen-bond acceptors (Lipinski definition) is 2. The van der Waals surface area contributed by atoms with Gasteiger partial charge >= 0.3 is 0 Å². The number of rotatable bonds is 7. The second kappa shape index (κ2) is 7.07. The van der Waals surface area contributed by atoms with Gasteiger partial charge in [-0.1, -0.05) is 37.3 Å². The molecule has 2 heteroatoms. The molecule has 0 spiro atoms. The first-order valence-corrected chi connectivity index (χ1v) is 7.58. The lowest BCUT2D eigenvalue weighted by atomic mass is 9.98. The van der Waals surface area contributed by atoms with Crippen molar-refractivity contribution in [1.29, 1.82) is 0 Å². The van der Waals surface area contributed by atoms with Gasteiger partial charge in [-0.25, -0.2) is 0 Å². The highest BCUT2D eigenvalue weighted by Crippen LogP contribution is 2.20. The molecule has 1 rings (SSSR count). The number of hydrogen-bond donors (Lipinski definition) is 1. The van der Waals surface area contributed by atoms with Crippen LogP contribution in [0.4, 0.5) is 0 Å². The Bertz CT molecular complexity index is 308. The van der Waals surface area contributed by atoms with E-state index in [0.717, 1.165) is 13.1 Å². The third-order valence-electron chi connectivity index (χ3n) is 3.23. The van der Waals surface area contributed by atoms with E-state index in [1.165, 1.54) is 12.0 Å². The van der Waals surface area contributed by atoms with Crippen molar-refractivity contribution in [3.63, 3.8) is 0 Å². The zero-order chi connectivity index (χ0) is 12.7. The molecule has 0 radical (unpaired) electrons. The first kappa shape index (κ1) is 14.6. The van der Waals surface area contributed by atoms with Crippen LogP contribution in [0.2, 0.25) is 0 Å². The normalized spacial score (nSPS) is 13.6. The van der Waals surface area contributed by atoms with Gasteiger partial charge in [0, 0.05) is 11.3 Å². The molecule has 0 aliphatic carbocycles. The predicted octanol–water partition coefficient (Wildman–Crippen LogP) is 3.91. The molecule has 96 valence electrons. The molecule has 1 aromatic rings. The van der Waals surface area contributed by atoms with Crippen LogP contribution in [-0.2, 0) is 0 Å². The van der Waals surface area contributed by atoms with Gasteiger partial charge in [0.2, 0.25) is 0 Å². The summed E-state index contributed by atoms with van der Waals surface area (Å²) < 4.78 is 0.343. The van der Waals surface area contributed by atoms with Crippen molar-refractivity contribution >= 4 is 11.8 Å². The quantitative estimate of drug-likeness (QED) is 0.737. The fourth-order valence-corrected chi connectivity index (χ4v) is 1.97. The zero-order valence-electron chi connectivity index (χ0n) is 11.5. The third kappa shape index (κ3) is 5.60. The number of thioether (sulfide) groups is 1. The van der Waals surface area contributed by atoms with Crippen LogP contribution in [0.5, 0.6) is 0 Å². The molecule has 0 fully saturated rings. The molecule has 0 aliphatic rings. The summed E-state index contributed by atoms with van der Waals surface area (Å²) in [6.07, 6.45) is 3.38. The summed E-state index contributed by atoms with van der Waals surface area (Å²) >= 11 is 1.92. The standard InChI is InChI=1S/C15H25NS/c1-13(14-8-6-5-7-9-14)10-11-16-12-15(2,3)17-4/h5-9,13,16H,10-12H2,1-4H3. The van der Waals surface area contributed by atoms with Crippen LogP contribution in [0.15, 0.2) is 30.3 Å². The van der Waals surface area contributed by atoms with Crippen molar-refractivity contribution in [2.45, 2.75) is 37.9 Å². The maximum absolute atomic E-state index is 3.56. The molecule has 0 bridgehead atoms. The van der Waals surface area contributed by atoms with Crippen molar-refractivity contribution in [3.05, 3.63) is 35.9 Å². The summed E-state index contributed by atoms with van der Waals surface area (Å²) in [5.41, 5.74) is 1.44. The highest BCUT2D eigenvalue weighted by atomic mass is 32.2. The van der Waals surface area contributed by atoms with Crippen molar-refractivity contribution < 1.29 is 0 Å². The number of nitrogens with one attached hydrogen (secondary N) is 1. The largest absolute Gasteiger partial charge is 0.315 e. The smallest absolute Gasteiger partial charge is 0.0225 e. The average Bonchev–Trinajstić information content (AvgIpc) is 2.35. The van der Waals surface area contributed by atoms with E-state index in [4.69, 9.17) is 0 Å². The van der Waals surface area contributed by atoms with E-state index in [9.17, 15) is 0 Å². The van der Waals surface area contributed by atoms with Gasteiger partial charge in [0.05, 0.1) is 0 Å². The molecule has 0 saturated heterocycles. The van der Waals surface area contributed by atoms with E-state index in [0.29, 0.717) is 10.7 Å². The van der Waals surface area contributed by atoms with Gasteiger partial charge in [-0.05, 0) is 44.6 Å². The van der Waals surface area contributed by atoms with Crippen LogP contribution in [0.25, 0.3) is 0 Å². The molecule has 1 unspecified atom stereocenters. The molecule has 0 amide bonds. The molecule has 17 heavy (non-hydrogen) atoms. The summed E-state index contributed by atoms with van der Waals surface area (Å²) in [5.74, 6) is 0.640. The maximum Gasteiger partial charge on any atom is 0.0225 e. The summed E-state index contributed by atoms with van der Waals surface area (Å²) in [5, 5.41) is 3.56. The van der Waals surface area contributed by atoms with Crippen LogP contribution in [0.3, 0.4) is 0 Å². The van der Waals surface area contributed by atoms with Crippen molar-refractivity contribution in [1.82, 2.24) is 5.32 Å². The lowest BCUT2D eigenvalue weighted by Gasteiger charge is -2.23. The van der Waals surface area contributed by atoms with Crippen molar-refractivity contribution in [2.24, 2.45) is 0 Å². The van der Waals surface area contributed by atoms with Crippen molar-refractivity contribution in [2.75, 3.05) is 19.3 Å². The van der Waals surface area contributed by atoms with E-state index >= 15 is 0 Å². The van der Waals surface area contributed by atoms with Crippen LogP contribution >= 0.6 is 11.8 Å². The van der Waals surface area contributed by atoms with Gasteiger partial charge in [0.15, 0.2) is 0 Å². The Morgan fingerprint density at radius 2 is 1.88 bits per heavy atom. The fourth-order valence-electron chi connectivity index (χ4n) is 1.73. The van der Waals surface area contributed by atoms with E-state index in [-0.39, 0.29) is 0 Å². The monoisotopic (exact) mass is 251 g/mol. The lowest BCUT2D eigenvalue weighted by molar-refractivity contribution is 0.550. The molecule has 1 nitrogen and oxygen atoms in total. The van der Waals surface area contributed by atoms with E-state index in [2.05, 4.69) is 62.7 Å². The molecule has 1 atom stereocenters. The minimum absolute atomic E-state index is 0.343. The van der Waals surface area contributed by atoms with Gasteiger partial charge < -0.3 is 5.32 Å². The maximum atomic E-state index is 3.56. The zero-order valence-corrected chi connectivity index (χ0v) is 12.3. The van der Waals surface area contributed by atoms with Crippen LogP contribution in [0.1, 0.15) is 38.7 Å². The Morgan fingerprint density at radius 1 is 1.24 bits per heavy atom. The molecular weight excluding hydrogens is 226 g/mol.